The molecule has 0 spiro atoms. The number of anilines is 2. The van der Waals surface area contributed by atoms with Crippen molar-refractivity contribution in [1.82, 2.24) is 0 Å². The molecule has 0 bridgehead atoms. The summed E-state index contributed by atoms with van der Waals surface area (Å²) in [6, 6.07) is 5.89. The van der Waals surface area contributed by atoms with Crippen LogP contribution >= 0.6 is 0 Å². The smallest absolute Gasteiger partial charge is 0.398 e. The van der Waals surface area contributed by atoms with E-state index >= 15 is 0 Å². The molecule has 0 aliphatic heterocycles. The largest absolute Gasteiger partial charge is 0.418 e. The Kier molecular flexibility index (Phi) is 4.65. The van der Waals surface area contributed by atoms with Crippen LogP contribution in [0.3, 0.4) is 0 Å². The summed E-state index contributed by atoms with van der Waals surface area (Å²) >= 11 is 0. The fourth-order valence-electron chi connectivity index (χ4n) is 1.77. The Morgan fingerprint density at radius 1 is 1.42 bits per heavy atom. The zero-order valence-electron chi connectivity index (χ0n) is 10.8. The predicted octanol–water partition coefficient (Wildman–Crippen LogP) is 3.27. The molecule has 0 aliphatic rings. The van der Waals surface area contributed by atoms with Gasteiger partial charge in [0.15, 0.2) is 0 Å². The van der Waals surface area contributed by atoms with Gasteiger partial charge >= 0.3 is 6.18 Å². The molecular formula is C13H16F3N3. The fraction of sp³-hybridized carbons (Fsp3) is 0.462. The number of hydrogen-bond acceptors (Lipinski definition) is 3. The summed E-state index contributed by atoms with van der Waals surface area (Å²) in [5.41, 5.74) is 4.65. The molecular weight excluding hydrogens is 255 g/mol. The van der Waals surface area contributed by atoms with Crippen molar-refractivity contribution in [3.63, 3.8) is 0 Å². The first-order valence-electron chi connectivity index (χ1n) is 5.90. The van der Waals surface area contributed by atoms with E-state index in [1.807, 2.05) is 6.92 Å². The summed E-state index contributed by atoms with van der Waals surface area (Å²) in [6.45, 7) is 4.46. The van der Waals surface area contributed by atoms with E-state index in [4.69, 9.17) is 11.0 Å². The van der Waals surface area contributed by atoms with Gasteiger partial charge < -0.3 is 10.6 Å². The minimum absolute atomic E-state index is 0.258. The van der Waals surface area contributed by atoms with Crippen molar-refractivity contribution in [2.24, 2.45) is 5.92 Å². The summed E-state index contributed by atoms with van der Waals surface area (Å²) in [4.78, 5) is 1.72. The molecule has 0 fully saturated rings. The van der Waals surface area contributed by atoms with Crippen molar-refractivity contribution in [1.29, 1.82) is 5.26 Å². The maximum absolute atomic E-state index is 12.8. The van der Waals surface area contributed by atoms with Crippen molar-refractivity contribution in [3.8, 4) is 6.07 Å². The van der Waals surface area contributed by atoms with Crippen molar-refractivity contribution in [2.75, 3.05) is 23.7 Å². The van der Waals surface area contributed by atoms with Gasteiger partial charge in [-0.2, -0.15) is 18.4 Å². The van der Waals surface area contributed by atoms with Crippen molar-refractivity contribution in [3.05, 3.63) is 23.8 Å². The molecule has 2 N–H and O–H groups in total. The first-order valence-corrected chi connectivity index (χ1v) is 5.90. The summed E-state index contributed by atoms with van der Waals surface area (Å²) in [5.74, 6) is -0.258. The highest BCUT2D eigenvalue weighted by molar-refractivity contribution is 5.59. The maximum atomic E-state index is 12.8. The first-order chi connectivity index (χ1) is 8.79. The van der Waals surface area contributed by atoms with E-state index in [0.29, 0.717) is 18.8 Å². The van der Waals surface area contributed by atoms with Crippen LogP contribution < -0.4 is 10.6 Å². The Bertz CT molecular complexity index is 477. The van der Waals surface area contributed by atoms with Crippen LogP contribution in [0.1, 0.15) is 19.4 Å². The van der Waals surface area contributed by atoms with Gasteiger partial charge in [-0.05, 0) is 32.0 Å². The summed E-state index contributed by atoms with van der Waals surface area (Å²) in [5, 5.41) is 8.78. The number of benzene rings is 1. The van der Waals surface area contributed by atoms with Crippen molar-refractivity contribution < 1.29 is 13.2 Å². The minimum atomic E-state index is -4.47. The highest BCUT2D eigenvalue weighted by atomic mass is 19.4. The molecule has 0 aliphatic carbocycles. The van der Waals surface area contributed by atoms with Crippen LogP contribution in [0.25, 0.3) is 0 Å². The molecule has 1 rings (SSSR count). The highest BCUT2D eigenvalue weighted by Crippen LogP contribution is 2.36. The minimum Gasteiger partial charge on any atom is -0.398 e. The van der Waals surface area contributed by atoms with Gasteiger partial charge in [0.1, 0.15) is 0 Å². The molecule has 6 heteroatoms. The second-order valence-corrected chi connectivity index (χ2v) is 4.34. The number of nitrogen functional groups attached to an aromatic ring is 1. The molecule has 0 saturated heterocycles. The Morgan fingerprint density at radius 2 is 2.05 bits per heavy atom. The van der Waals surface area contributed by atoms with Gasteiger partial charge in [0.25, 0.3) is 0 Å². The number of rotatable bonds is 4. The lowest BCUT2D eigenvalue weighted by molar-refractivity contribution is -0.136. The van der Waals surface area contributed by atoms with E-state index in [0.717, 1.165) is 6.07 Å². The third kappa shape index (κ3) is 3.78. The van der Waals surface area contributed by atoms with Gasteiger partial charge in [-0.25, -0.2) is 0 Å². The zero-order chi connectivity index (χ0) is 14.6. The van der Waals surface area contributed by atoms with Crippen LogP contribution in [0.15, 0.2) is 18.2 Å². The summed E-state index contributed by atoms with van der Waals surface area (Å²) in [6.07, 6.45) is -4.47. The van der Waals surface area contributed by atoms with E-state index in [1.165, 1.54) is 12.1 Å². The SMILES string of the molecule is CCN(CC(C)C#N)c1ccc(N)c(C(F)(F)F)c1. The monoisotopic (exact) mass is 271 g/mol. The van der Waals surface area contributed by atoms with E-state index < -0.39 is 11.7 Å². The third-order valence-corrected chi connectivity index (χ3v) is 2.80. The van der Waals surface area contributed by atoms with Gasteiger partial charge in [0, 0.05) is 24.5 Å². The van der Waals surface area contributed by atoms with Gasteiger partial charge in [0.2, 0.25) is 0 Å². The maximum Gasteiger partial charge on any atom is 0.418 e. The van der Waals surface area contributed by atoms with Gasteiger partial charge in [-0.1, -0.05) is 0 Å². The Morgan fingerprint density at radius 3 is 2.53 bits per heavy atom. The highest BCUT2D eigenvalue weighted by Gasteiger charge is 2.33. The molecule has 1 unspecified atom stereocenters. The van der Waals surface area contributed by atoms with Gasteiger partial charge in [-0.3, -0.25) is 0 Å². The van der Waals surface area contributed by atoms with Gasteiger partial charge in [-0.15, -0.1) is 0 Å². The lowest BCUT2D eigenvalue weighted by Gasteiger charge is -2.25. The number of nitriles is 1. The molecule has 104 valence electrons. The second-order valence-electron chi connectivity index (χ2n) is 4.34. The van der Waals surface area contributed by atoms with E-state index in [-0.39, 0.29) is 11.6 Å². The molecule has 0 aromatic heterocycles. The standard InChI is InChI=1S/C13H16F3N3/c1-3-19(8-9(2)7-17)10-4-5-12(18)11(6-10)13(14,15)16/h4-6,9H,3,8,18H2,1-2H3. The summed E-state index contributed by atoms with van der Waals surface area (Å²) < 4.78 is 38.3. The fourth-order valence-corrected chi connectivity index (χ4v) is 1.77. The number of alkyl halides is 3. The Hall–Kier alpha value is -1.90. The van der Waals surface area contributed by atoms with E-state index in [1.54, 1.807) is 11.8 Å². The first kappa shape index (κ1) is 15.2. The van der Waals surface area contributed by atoms with Crippen LogP contribution in [0.2, 0.25) is 0 Å². The molecule has 0 saturated carbocycles. The molecule has 0 heterocycles. The summed E-state index contributed by atoms with van der Waals surface area (Å²) in [7, 11) is 0. The van der Waals surface area contributed by atoms with Crippen LogP contribution in [0.5, 0.6) is 0 Å². The number of halogens is 3. The second kappa shape index (κ2) is 5.83. The number of hydrogen-bond donors (Lipinski definition) is 1. The molecule has 1 atom stereocenters. The van der Waals surface area contributed by atoms with Crippen LogP contribution in [-0.2, 0) is 6.18 Å². The quantitative estimate of drug-likeness (QED) is 0.855. The van der Waals surface area contributed by atoms with Gasteiger partial charge in [0.05, 0.1) is 17.6 Å². The molecule has 19 heavy (non-hydrogen) atoms. The molecule has 0 radical (unpaired) electrons. The topological polar surface area (TPSA) is 53.0 Å². The third-order valence-electron chi connectivity index (χ3n) is 2.80. The van der Waals surface area contributed by atoms with E-state index in [2.05, 4.69) is 6.07 Å². The lowest BCUT2D eigenvalue weighted by Crippen LogP contribution is -2.28. The van der Waals surface area contributed by atoms with Crippen molar-refractivity contribution >= 4 is 11.4 Å². The Balaban J connectivity index is 3.10. The predicted molar refractivity (Wildman–Crippen MR) is 68.5 cm³/mol. The molecule has 1 aromatic rings. The average Bonchev–Trinajstić information content (AvgIpc) is 2.35. The van der Waals surface area contributed by atoms with Crippen LogP contribution in [0.4, 0.5) is 24.5 Å². The number of nitrogens with two attached hydrogens (primary N) is 1. The molecule has 3 nitrogen and oxygen atoms in total. The van der Waals surface area contributed by atoms with E-state index in [9.17, 15) is 13.2 Å². The normalized spacial score (nSPS) is 12.8. The average molecular weight is 271 g/mol. The zero-order valence-corrected chi connectivity index (χ0v) is 10.8. The van der Waals surface area contributed by atoms with Crippen LogP contribution in [-0.4, -0.2) is 13.1 Å². The molecule has 0 amide bonds. The molecule has 1 aromatic carbocycles. The Labute approximate surface area is 110 Å². The lowest BCUT2D eigenvalue weighted by atomic mass is 10.1. The number of nitrogens with zero attached hydrogens (tertiary/aromatic N) is 2. The van der Waals surface area contributed by atoms with Crippen molar-refractivity contribution in [2.45, 2.75) is 20.0 Å². The van der Waals surface area contributed by atoms with Crippen LogP contribution in [0, 0.1) is 17.2 Å².